The minimum absolute atomic E-state index is 0.0925. The van der Waals surface area contributed by atoms with E-state index in [9.17, 15) is 9.18 Å². The molecule has 1 aliphatic rings. The van der Waals surface area contributed by atoms with Gasteiger partial charge in [0.15, 0.2) is 0 Å². The van der Waals surface area contributed by atoms with Crippen LogP contribution in [0.25, 0.3) is 11.0 Å². The van der Waals surface area contributed by atoms with Crippen molar-refractivity contribution in [2.24, 2.45) is 0 Å². The molecule has 152 valence electrons. The van der Waals surface area contributed by atoms with Crippen molar-refractivity contribution in [2.45, 2.75) is 70.8 Å². The zero-order chi connectivity index (χ0) is 20.3. The number of carbonyl (C=O) groups is 1. The Morgan fingerprint density at radius 1 is 1.25 bits per heavy atom. The van der Waals surface area contributed by atoms with Crippen LogP contribution in [0.5, 0.6) is 0 Å². The van der Waals surface area contributed by atoms with Crippen molar-refractivity contribution in [1.82, 2.24) is 20.3 Å². The van der Waals surface area contributed by atoms with E-state index in [0.717, 1.165) is 25.7 Å². The van der Waals surface area contributed by atoms with E-state index in [2.05, 4.69) is 25.6 Å². The standard InChI is InChI=1S/C19H25ClFN5O2/c1-19(2,3)28-18(27)24-13-6-4-12(5-7-13)23-17-22-10-14-16(26-17)11(9-21)8-15(20)25-14/h8,10,12-13H,4-7,9H2,1-3H3,(H,24,27)(H,22,23,26). The first kappa shape index (κ1) is 20.5. The summed E-state index contributed by atoms with van der Waals surface area (Å²) in [5, 5.41) is 6.45. The van der Waals surface area contributed by atoms with E-state index in [1.54, 1.807) is 6.20 Å². The van der Waals surface area contributed by atoms with Crippen LogP contribution in [0, 0.1) is 0 Å². The predicted octanol–water partition coefficient (Wildman–Crippen LogP) is 4.40. The lowest BCUT2D eigenvalue weighted by atomic mass is 9.91. The number of amides is 1. The number of anilines is 1. The molecule has 2 heterocycles. The molecule has 1 fully saturated rings. The number of hydrogen-bond donors (Lipinski definition) is 2. The molecule has 0 bridgehead atoms. The van der Waals surface area contributed by atoms with E-state index >= 15 is 0 Å². The highest BCUT2D eigenvalue weighted by molar-refractivity contribution is 6.29. The van der Waals surface area contributed by atoms with Gasteiger partial charge in [-0.25, -0.2) is 24.1 Å². The lowest BCUT2D eigenvalue weighted by Gasteiger charge is -2.30. The summed E-state index contributed by atoms with van der Waals surface area (Å²) in [5.41, 5.74) is 0.819. The van der Waals surface area contributed by atoms with Crippen LogP contribution in [0.1, 0.15) is 52.0 Å². The molecule has 2 N–H and O–H groups in total. The van der Waals surface area contributed by atoms with Crippen LogP contribution in [0.3, 0.4) is 0 Å². The highest BCUT2D eigenvalue weighted by Gasteiger charge is 2.25. The number of hydrogen-bond acceptors (Lipinski definition) is 6. The summed E-state index contributed by atoms with van der Waals surface area (Å²) in [6.07, 6.45) is 4.54. The van der Waals surface area contributed by atoms with Crippen LogP contribution >= 0.6 is 11.6 Å². The molecule has 9 heteroatoms. The van der Waals surface area contributed by atoms with Gasteiger partial charge in [0.25, 0.3) is 0 Å². The van der Waals surface area contributed by atoms with Crippen LogP contribution in [0.4, 0.5) is 15.1 Å². The molecule has 2 aromatic heterocycles. The van der Waals surface area contributed by atoms with Crippen LogP contribution in [0.15, 0.2) is 12.3 Å². The van der Waals surface area contributed by atoms with Crippen LogP contribution < -0.4 is 10.6 Å². The summed E-state index contributed by atoms with van der Waals surface area (Å²) in [5.74, 6) is 0.440. The molecule has 7 nitrogen and oxygen atoms in total. The number of alkyl halides is 1. The molecule has 0 saturated heterocycles. The molecule has 2 aromatic rings. The number of fused-ring (bicyclic) bond motifs is 1. The molecule has 3 rings (SSSR count). The Morgan fingerprint density at radius 3 is 2.57 bits per heavy atom. The average Bonchev–Trinajstić information content (AvgIpc) is 2.61. The zero-order valence-corrected chi connectivity index (χ0v) is 17.0. The fraction of sp³-hybridized carbons (Fsp3) is 0.579. The Morgan fingerprint density at radius 2 is 1.93 bits per heavy atom. The van der Waals surface area contributed by atoms with E-state index in [-0.39, 0.29) is 23.3 Å². The first-order valence-electron chi connectivity index (χ1n) is 9.37. The molecule has 0 spiro atoms. The van der Waals surface area contributed by atoms with Gasteiger partial charge < -0.3 is 15.4 Å². The molecule has 0 unspecified atom stereocenters. The molecule has 1 saturated carbocycles. The van der Waals surface area contributed by atoms with Gasteiger partial charge in [-0.05, 0) is 52.5 Å². The van der Waals surface area contributed by atoms with E-state index in [4.69, 9.17) is 16.3 Å². The van der Waals surface area contributed by atoms with Gasteiger partial charge in [-0.3, -0.25) is 0 Å². The quantitative estimate of drug-likeness (QED) is 0.727. The Hall–Kier alpha value is -2.22. The minimum atomic E-state index is -0.670. The van der Waals surface area contributed by atoms with Gasteiger partial charge in [-0.2, -0.15) is 0 Å². The number of rotatable bonds is 4. The Bertz CT molecular complexity index is 850. The Labute approximate surface area is 168 Å². The summed E-state index contributed by atoms with van der Waals surface area (Å²) in [7, 11) is 0. The first-order valence-corrected chi connectivity index (χ1v) is 9.75. The third kappa shape index (κ3) is 5.41. The second-order valence-electron chi connectivity index (χ2n) is 8.00. The van der Waals surface area contributed by atoms with E-state index in [0.29, 0.717) is 22.5 Å². The number of aromatic nitrogens is 3. The lowest BCUT2D eigenvalue weighted by molar-refractivity contribution is 0.0492. The van der Waals surface area contributed by atoms with E-state index in [1.165, 1.54) is 6.07 Å². The van der Waals surface area contributed by atoms with Crippen LogP contribution in [-0.4, -0.2) is 38.7 Å². The second-order valence-corrected chi connectivity index (χ2v) is 8.39. The van der Waals surface area contributed by atoms with Crippen molar-refractivity contribution in [3.63, 3.8) is 0 Å². The van der Waals surface area contributed by atoms with Crippen molar-refractivity contribution >= 4 is 34.7 Å². The van der Waals surface area contributed by atoms with Crippen molar-refractivity contribution in [1.29, 1.82) is 0 Å². The molecular weight excluding hydrogens is 385 g/mol. The molecule has 1 amide bonds. The maximum Gasteiger partial charge on any atom is 0.407 e. The number of ether oxygens (including phenoxy) is 1. The largest absolute Gasteiger partial charge is 0.444 e. The summed E-state index contributed by atoms with van der Waals surface area (Å²) in [6, 6.07) is 1.76. The number of nitrogens with one attached hydrogen (secondary N) is 2. The molecule has 28 heavy (non-hydrogen) atoms. The van der Waals surface area contributed by atoms with Gasteiger partial charge in [0.2, 0.25) is 5.95 Å². The summed E-state index contributed by atoms with van der Waals surface area (Å²) in [6.45, 7) is 4.86. The zero-order valence-electron chi connectivity index (χ0n) is 16.3. The predicted molar refractivity (Wildman–Crippen MR) is 106 cm³/mol. The van der Waals surface area contributed by atoms with Crippen LogP contribution in [-0.2, 0) is 11.4 Å². The van der Waals surface area contributed by atoms with Gasteiger partial charge in [0, 0.05) is 17.6 Å². The molecule has 0 atom stereocenters. The Balaban J connectivity index is 1.57. The minimum Gasteiger partial charge on any atom is -0.444 e. The molecule has 0 aliphatic heterocycles. The monoisotopic (exact) mass is 409 g/mol. The Kier molecular flexibility index (Phi) is 6.17. The number of alkyl carbamates (subject to hydrolysis) is 1. The van der Waals surface area contributed by atoms with Crippen molar-refractivity contribution in [3.05, 3.63) is 23.0 Å². The second kappa shape index (κ2) is 8.43. The highest BCUT2D eigenvalue weighted by atomic mass is 35.5. The number of halogens is 2. The highest BCUT2D eigenvalue weighted by Crippen LogP contribution is 2.24. The molecule has 0 aromatic carbocycles. The van der Waals surface area contributed by atoms with E-state index < -0.39 is 12.3 Å². The average molecular weight is 410 g/mol. The molecular formula is C19H25ClFN5O2. The van der Waals surface area contributed by atoms with Crippen LogP contribution in [0.2, 0.25) is 5.15 Å². The topological polar surface area (TPSA) is 89.0 Å². The lowest BCUT2D eigenvalue weighted by Crippen LogP contribution is -2.42. The maximum atomic E-state index is 13.3. The number of nitrogens with zero attached hydrogens (tertiary/aromatic N) is 3. The van der Waals surface area contributed by atoms with Gasteiger partial charge in [-0.1, -0.05) is 11.6 Å². The van der Waals surface area contributed by atoms with Gasteiger partial charge in [-0.15, -0.1) is 0 Å². The summed E-state index contributed by atoms with van der Waals surface area (Å²) < 4.78 is 18.6. The number of pyridine rings is 1. The fourth-order valence-corrected chi connectivity index (χ4v) is 3.49. The third-order valence-electron chi connectivity index (χ3n) is 4.52. The maximum absolute atomic E-state index is 13.3. The van der Waals surface area contributed by atoms with Crippen molar-refractivity contribution in [3.8, 4) is 0 Å². The molecule has 0 radical (unpaired) electrons. The fourth-order valence-electron chi connectivity index (χ4n) is 3.26. The first-order chi connectivity index (χ1) is 13.2. The van der Waals surface area contributed by atoms with Gasteiger partial charge >= 0.3 is 6.09 Å². The van der Waals surface area contributed by atoms with Crippen molar-refractivity contribution < 1.29 is 13.9 Å². The van der Waals surface area contributed by atoms with Crippen molar-refractivity contribution in [2.75, 3.05) is 5.32 Å². The summed E-state index contributed by atoms with van der Waals surface area (Å²) >= 11 is 5.90. The SMILES string of the molecule is CC(C)(C)OC(=O)NC1CCC(Nc2ncc3nc(Cl)cc(CF)c3n2)CC1. The summed E-state index contributed by atoms with van der Waals surface area (Å²) in [4.78, 5) is 24.7. The van der Waals surface area contributed by atoms with Gasteiger partial charge in [0.05, 0.1) is 6.20 Å². The van der Waals surface area contributed by atoms with E-state index in [1.807, 2.05) is 20.8 Å². The number of carbonyl (C=O) groups excluding carboxylic acids is 1. The normalized spacial score (nSPS) is 20.0. The third-order valence-corrected chi connectivity index (χ3v) is 4.71. The smallest absolute Gasteiger partial charge is 0.407 e. The van der Waals surface area contributed by atoms with Gasteiger partial charge in [0.1, 0.15) is 28.5 Å². The molecule has 1 aliphatic carbocycles.